The Hall–Kier alpha value is -2.13. The second-order valence-corrected chi connectivity index (χ2v) is 7.35. The number of anilines is 1. The highest BCUT2D eigenvalue weighted by molar-refractivity contribution is 5.95. The van der Waals surface area contributed by atoms with Crippen LogP contribution in [0.4, 0.5) is 5.69 Å². The van der Waals surface area contributed by atoms with E-state index in [0.717, 1.165) is 5.69 Å². The summed E-state index contributed by atoms with van der Waals surface area (Å²) in [5.41, 5.74) is 3.36. The fourth-order valence-electron chi connectivity index (χ4n) is 3.29. The lowest BCUT2D eigenvalue weighted by Gasteiger charge is -2.24. The van der Waals surface area contributed by atoms with Crippen molar-refractivity contribution in [3.8, 4) is 0 Å². The molecule has 132 valence electrons. The van der Waals surface area contributed by atoms with Gasteiger partial charge in [0.2, 0.25) is 5.91 Å². The largest absolute Gasteiger partial charge is 0.324 e. The van der Waals surface area contributed by atoms with E-state index in [4.69, 9.17) is 0 Å². The second kappa shape index (κ2) is 7.83. The highest BCUT2D eigenvalue weighted by atomic mass is 16.2. The summed E-state index contributed by atoms with van der Waals surface area (Å²) < 4.78 is 0. The first-order valence-corrected chi connectivity index (χ1v) is 9.27. The first kappa shape index (κ1) is 17.7. The van der Waals surface area contributed by atoms with Crippen molar-refractivity contribution < 1.29 is 4.79 Å². The average molecular weight is 336 g/mol. The molecule has 1 aliphatic carbocycles. The van der Waals surface area contributed by atoms with E-state index in [1.807, 2.05) is 31.2 Å². The molecule has 0 aliphatic heterocycles. The number of hydrogen-bond acceptors (Lipinski definition) is 2. The molecular weight excluding hydrogens is 308 g/mol. The Labute approximate surface area is 150 Å². The van der Waals surface area contributed by atoms with Crippen molar-refractivity contribution in [1.29, 1.82) is 0 Å². The van der Waals surface area contributed by atoms with Crippen molar-refractivity contribution in [3.63, 3.8) is 0 Å². The number of benzene rings is 2. The molecule has 1 fully saturated rings. The van der Waals surface area contributed by atoms with Crippen LogP contribution in [-0.2, 0) is 4.79 Å². The maximum atomic E-state index is 12.7. The number of hydrogen-bond donors (Lipinski definition) is 2. The molecule has 2 unspecified atom stereocenters. The maximum absolute atomic E-state index is 12.7. The Morgan fingerprint density at radius 1 is 0.960 bits per heavy atom. The standard InChI is InChI=1S/C22H28N2O/c1-15(2)19-11-7-8-12-20(19)24-22(25)16(3)23-21(18-13-14-18)17-9-5-4-6-10-17/h4-12,15-16,18,21,23H,13-14H2,1-3H3,(H,24,25). The molecular formula is C22H28N2O. The van der Waals surface area contributed by atoms with Crippen LogP contribution in [0, 0.1) is 5.92 Å². The van der Waals surface area contributed by atoms with Gasteiger partial charge >= 0.3 is 0 Å². The zero-order chi connectivity index (χ0) is 17.8. The second-order valence-electron chi connectivity index (χ2n) is 7.35. The number of carbonyl (C=O) groups is 1. The van der Waals surface area contributed by atoms with Crippen molar-refractivity contribution >= 4 is 11.6 Å². The van der Waals surface area contributed by atoms with E-state index in [1.54, 1.807) is 0 Å². The smallest absolute Gasteiger partial charge is 0.241 e. The molecule has 0 bridgehead atoms. The van der Waals surface area contributed by atoms with Crippen molar-refractivity contribution in [1.82, 2.24) is 5.32 Å². The topological polar surface area (TPSA) is 41.1 Å². The molecule has 0 spiro atoms. The molecule has 3 nitrogen and oxygen atoms in total. The van der Waals surface area contributed by atoms with Gasteiger partial charge in [-0.15, -0.1) is 0 Å². The van der Waals surface area contributed by atoms with Crippen LogP contribution in [0.2, 0.25) is 0 Å². The van der Waals surface area contributed by atoms with Crippen molar-refractivity contribution in [2.75, 3.05) is 5.32 Å². The van der Waals surface area contributed by atoms with Crippen molar-refractivity contribution in [2.24, 2.45) is 5.92 Å². The summed E-state index contributed by atoms with van der Waals surface area (Å²) in [6.45, 7) is 6.24. The molecule has 0 aromatic heterocycles. The number of rotatable bonds is 7. The van der Waals surface area contributed by atoms with E-state index in [-0.39, 0.29) is 18.0 Å². The normalized spacial score (nSPS) is 16.5. The fraction of sp³-hybridized carbons (Fsp3) is 0.409. The third-order valence-corrected chi connectivity index (χ3v) is 4.92. The Morgan fingerprint density at radius 3 is 2.24 bits per heavy atom. The molecule has 2 aromatic rings. The minimum absolute atomic E-state index is 0.0229. The number of nitrogens with one attached hydrogen (secondary N) is 2. The Balaban J connectivity index is 1.68. The minimum atomic E-state index is -0.244. The highest BCUT2D eigenvalue weighted by Crippen LogP contribution is 2.41. The van der Waals surface area contributed by atoms with Gasteiger partial charge in [-0.05, 0) is 48.8 Å². The van der Waals surface area contributed by atoms with Crippen LogP contribution in [0.3, 0.4) is 0 Å². The Bertz CT molecular complexity index is 707. The fourth-order valence-corrected chi connectivity index (χ4v) is 3.29. The summed E-state index contributed by atoms with van der Waals surface area (Å²) in [5.74, 6) is 1.04. The van der Waals surface area contributed by atoms with Gasteiger partial charge in [-0.25, -0.2) is 0 Å². The molecule has 0 heterocycles. The van der Waals surface area contributed by atoms with Crippen LogP contribution in [0.1, 0.15) is 56.7 Å². The third-order valence-electron chi connectivity index (χ3n) is 4.92. The maximum Gasteiger partial charge on any atom is 0.241 e. The van der Waals surface area contributed by atoms with Gasteiger partial charge < -0.3 is 5.32 Å². The van der Waals surface area contributed by atoms with Crippen LogP contribution in [0.5, 0.6) is 0 Å². The molecule has 0 radical (unpaired) electrons. The lowest BCUT2D eigenvalue weighted by atomic mass is 10.0. The zero-order valence-electron chi connectivity index (χ0n) is 15.3. The minimum Gasteiger partial charge on any atom is -0.324 e. The van der Waals surface area contributed by atoms with Crippen molar-refractivity contribution in [2.45, 2.75) is 51.6 Å². The van der Waals surface area contributed by atoms with Crippen LogP contribution < -0.4 is 10.6 Å². The van der Waals surface area contributed by atoms with Gasteiger partial charge in [-0.1, -0.05) is 62.4 Å². The predicted molar refractivity (Wildman–Crippen MR) is 104 cm³/mol. The zero-order valence-corrected chi connectivity index (χ0v) is 15.3. The molecule has 1 aliphatic rings. The van der Waals surface area contributed by atoms with Gasteiger partial charge in [-0.3, -0.25) is 10.1 Å². The van der Waals surface area contributed by atoms with Gasteiger partial charge in [0.15, 0.2) is 0 Å². The van der Waals surface area contributed by atoms with E-state index in [2.05, 4.69) is 54.8 Å². The summed E-state index contributed by atoms with van der Waals surface area (Å²) >= 11 is 0. The van der Waals surface area contributed by atoms with Crippen molar-refractivity contribution in [3.05, 3.63) is 65.7 Å². The number of para-hydroxylation sites is 1. The van der Waals surface area contributed by atoms with Gasteiger partial charge in [0, 0.05) is 11.7 Å². The summed E-state index contributed by atoms with van der Waals surface area (Å²) in [4.78, 5) is 12.7. The van der Waals surface area contributed by atoms with E-state index in [1.165, 1.54) is 24.0 Å². The Morgan fingerprint density at radius 2 is 1.60 bits per heavy atom. The molecule has 1 saturated carbocycles. The molecule has 2 N–H and O–H groups in total. The first-order chi connectivity index (χ1) is 12.1. The van der Waals surface area contributed by atoms with Crippen LogP contribution in [0.15, 0.2) is 54.6 Å². The molecule has 2 aromatic carbocycles. The molecule has 25 heavy (non-hydrogen) atoms. The summed E-state index contributed by atoms with van der Waals surface area (Å²) in [6, 6.07) is 18.5. The Kier molecular flexibility index (Phi) is 5.54. The van der Waals surface area contributed by atoms with E-state index in [9.17, 15) is 4.79 Å². The molecule has 1 amide bonds. The quantitative estimate of drug-likeness (QED) is 0.757. The third kappa shape index (κ3) is 4.49. The number of carbonyl (C=O) groups excluding carboxylic acids is 1. The van der Waals surface area contributed by atoms with Crippen LogP contribution >= 0.6 is 0 Å². The predicted octanol–water partition coefficient (Wildman–Crippen LogP) is 4.88. The highest BCUT2D eigenvalue weighted by Gasteiger charge is 2.34. The van der Waals surface area contributed by atoms with E-state index >= 15 is 0 Å². The molecule has 0 saturated heterocycles. The first-order valence-electron chi connectivity index (χ1n) is 9.27. The molecule has 2 atom stereocenters. The SMILES string of the molecule is CC(NC(c1ccccc1)C1CC1)C(=O)Nc1ccccc1C(C)C. The lowest BCUT2D eigenvalue weighted by Crippen LogP contribution is -2.41. The van der Waals surface area contributed by atoms with Gasteiger partial charge in [0.1, 0.15) is 0 Å². The van der Waals surface area contributed by atoms with Gasteiger partial charge in [0.25, 0.3) is 0 Å². The average Bonchev–Trinajstić information content (AvgIpc) is 3.45. The molecule has 3 heteroatoms. The lowest BCUT2D eigenvalue weighted by molar-refractivity contribution is -0.118. The van der Waals surface area contributed by atoms with Crippen LogP contribution in [0.25, 0.3) is 0 Å². The monoisotopic (exact) mass is 336 g/mol. The van der Waals surface area contributed by atoms with Crippen LogP contribution in [-0.4, -0.2) is 11.9 Å². The molecule has 3 rings (SSSR count). The summed E-state index contributed by atoms with van der Waals surface area (Å²) in [6.07, 6.45) is 2.47. The van der Waals surface area contributed by atoms with Gasteiger partial charge in [-0.2, -0.15) is 0 Å². The summed E-state index contributed by atoms with van der Waals surface area (Å²) in [5, 5.41) is 6.66. The van der Waals surface area contributed by atoms with Gasteiger partial charge in [0.05, 0.1) is 6.04 Å². The van der Waals surface area contributed by atoms with E-state index < -0.39 is 0 Å². The van der Waals surface area contributed by atoms with E-state index in [0.29, 0.717) is 11.8 Å². The number of amides is 1. The summed E-state index contributed by atoms with van der Waals surface area (Å²) in [7, 11) is 0.